The molecule has 6 nitrogen and oxygen atoms in total. The number of nitrogens with zero attached hydrogens (tertiary/aromatic N) is 2. The molecule has 0 aliphatic heterocycles. The highest BCUT2D eigenvalue weighted by molar-refractivity contribution is 7.91. The molecule has 1 aromatic heterocycles. The number of rotatable bonds is 6. The van der Waals surface area contributed by atoms with Gasteiger partial charge in [-0.2, -0.15) is 4.98 Å². The van der Waals surface area contributed by atoms with Crippen LogP contribution >= 0.6 is 0 Å². The zero-order valence-electron chi connectivity index (χ0n) is 12.6. The van der Waals surface area contributed by atoms with Gasteiger partial charge >= 0.3 is 0 Å². The van der Waals surface area contributed by atoms with Crippen molar-refractivity contribution in [3.63, 3.8) is 0 Å². The second-order valence-corrected chi connectivity index (χ2v) is 6.98. The van der Waals surface area contributed by atoms with E-state index >= 15 is 0 Å². The van der Waals surface area contributed by atoms with Gasteiger partial charge in [-0.25, -0.2) is 17.5 Å². The summed E-state index contributed by atoms with van der Waals surface area (Å²) >= 11 is 0. The van der Waals surface area contributed by atoms with Crippen LogP contribution in [-0.4, -0.2) is 23.6 Å². The maximum atomic E-state index is 12.9. The minimum atomic E-state index is -3.60. The molecule has 8 heteroatoms. The standard InChI is InChI=1S/C16H15FN4O2S/c17-14-8-6-12(7-9-14)10-15-18-16(20-19-15)21-24(22,23)11-13-4-2-1-3-5-13/h1-9H,10-11H2,(H2,18,19,20,21). The summed E-state index contributed by atoms with van der Waals surface area (Å²) in [4.78, 5) is 4.10. The highest BCUT2D eigenvalue weighted by atomic mass is 32.2. The van der Waals surface area contributed by atoms with Crippen molar-refractivity contribution in [3.8, 4) is 0 Å². The molecule has 3 rings (SSSR count). The van der Waals surface area contributed by atoms with Crippen molar-refractivity contribution < 1.29 is 12.8 Å². The molecule has 0 spiro atoms. The van der Waals surface area contributed by atoms with Crippen molar-refractivity contribution in [3.05, 3.63) is 77.4 Å². The van der Waals surface area contributed by atoms with E-state index in [9.17, 15) is 12.8 Å². The highest BCUT2D eigenvalue weighted by Gasteiger charge is 2.14. The Morgan fingerprint density at radius 1 is 1.00 bits per heavy atom. The first-order chi connectivity index (χ1) is 11.5. The first kappa shape index (κ1) is 16.1. The maximum absolute atomic E-state index is 12.9. The van der Waals surface area contributed by atoms with E-state index in [1.54, 1.807) is 36.4 Å². The number of hydrogen-bond donors (Lipinski definition) is 2. The molecular formula is C16H15FN4O2S. The van der Waals surface area contributed by atoms with Crippen molar-refractivity contribution in [2.45, 2.75) is 12.2 Å². The average molecular weight is 346 g/mol. The van der Waals surface area contributed by atoms with Gasteiger partial charge in [0, 0.05) is 6.42 Å². The third-order valence-corrected chi connectivity index (χ3v) is 4.47. The van der Waals surface area contributed by atoms with Crippen LogP contribution < -0.4 is 4.72 Å². The molecule has 3 aromatic rings. The topological polar surface area (TPSA) is 87.7 Å². The SMILES string of the molecule is O=S(=O)(Cc1ccccc1)Nc1n[nH]c(Cc2ccc(F)cc2)n1. The fourth-order valence-corrected chi connectivity index (χ4v) is 3.26. The van der Waals surface area contributed by atoms with Crippen molar-refractivity contribution in [1.82, 2.24) is 15.2 Å². The van der Waals surface area contributed by atoms with E-state index in [4.69, 9.17) is 0 Å². The second-order valence-electron chi connectivity index (χ2n) is 5.26. The molecule has 0 amide bonds. The number of hydrogen-bond acceptors (Lipinski definition) is 4. The first-order valence-electron chi connectivity index (χ1n) is 7.20. The molecule has 0 atom stereocenters. The maximum Gasteiger partial charge on any atom is 0.255 e. The van der Waals surface area contributed by atoms with E-state index in [-0.39, 0.29) is 17.5 Å². The van der Waals surface area contributed by atoms with E-state index in [0.717, 1.165) is 5.56 Å². The summed E-state index contributed by atoms with van der Waals surface area (Å²) in [5, 5.41) is 6.53. The lowest BCUT2D eigenvalue weighted by Crippen LogP contribution is -2.16. The van der Waals surface area contributed by atoms with Crippen LogP contribution in [0.2, 0.25) is 0 Å². The molecule has 1 heterocycles. The van der Waals surface area contributed by atoms with Crippen molar-refractivity contribution in [1.29, 1.82) is 0 Å². The predicted octanol–water partition coefficient (Wildman–Crippen LogP) is 2.48. The number of aromatic amines is 1. The summed E-state index contributed by atoms with van der Waals surface area (Å²) in [6.45, 7) is 0. The summed E-state index contributed by atoms with van der Waals surface area (Å²) in [5.41, 5.74) is 1.51. The van der Waals surface area contributed by atoms with Gasteiger partial charge in [0.2, 0.25) is 10.0 Å². The van der Waals surface area contributed by atoms with Gasteiger partial charge in [-0.15, -0.1) is 5.10 Å². The fourth-order valence-electron chi connectivity index (χ4n) is 2.18. The highest BCUT2D eigenvalue weighted by Crippen LogP contribution is 2.11. The van der Waals surface area contributed by atoms with Gasteiger partial charge < -0.3 is 0 Å². The van der Waals surface area contributed by atoms with Crippen molar-refractivity contribution in [2.24, 2.45) is 0 Å². The summed E-state index contributed by atoms with van der Waals surface area (Å²) in [6.07, 6.45) is 0.397. The average Bonchev–Trinajstić information content (AvgIpc) is 2.96. The number of aromatic nitrogens is 3. The summed E-state index contributed by atoms with van der Waals surface area (Å²) in [6, 6.07) is 14.8. The molecule has 124 valence electrons. The molecule has 0 aliphatic rings. The van der Waals surface area contributed by atoms with Gasteiger partial charge in [0.25, 0.3) is 5.95 Å². The molecular weight excluding hydrogens is 331 g/mol. The van der Waals surface area contributed by atoms with E-state index in [1.165, 1.54) is 12.1 Å². The summed E-state index contributed by atoms with van der Waals surface area (Å²) < 4.78 is 39.5. The Kier molecular flexibility index (Phi) is 4.57. The smallest absolute Gasteiger partial charge is 0.255 e. The van der Waals surface area contributed by atoms with Gasteiger partial charge in [0.1, 0.15) is 11.6 Å². The number of nitrogens with one attached hydrogen (secondary N) is 2. The van der Waals surface area contributed by atoms with Crippen molar-refractivity contribution in [2.75, 3.05) is 4.72 Å². The molecule has 0 aliphatic carbocycles. The minimum Gasteiger partial charge on any atom is -0.261 e. The third-order valence-electron chi connectivity index (χ3n) is 3.26. The number of H-pyrrole nitrogens is 1. The molecule has 0 saturated heterocycles. The van der Waals surface area contributed by atoms with Crippen LogP contribution in [-0.2, 0) is 22.2 Å². The summed E-state index contributed by atoms with van der Waals surface area (Å²) in [7, 11) is -3.60. The van der Waals surface area contributed by atoms with Gasteiger partial charge in [0.15, 0.2) is 0 Å². The molecule has 0 unspecified atom stereocenters. The quantitative estimate of drug-likeness (QED) is 0.718. The Balaban J connectivity index is 1.66. The van der Waals surface area contributed by atoms with Gasteiger partial charge in [-0.05, 0) is 23.3 Å². The molecule has 0 saturated carbocycles. The van der Waals surface area contributed by atoms with Gasteiger partial charge in [-0.1, -0.05) is 42.5 Å². The Bertz CT molecular complexity index is 909. The largest absolute Gasteiger partial charge is 0.261 e. The Morgan fingerprint density at radius 2 is 1.71 bits per heavy atom. The Morgan fingerprint density at radius 3 is 2.42 bits per heavy atom. The van der Waals surface area contributed by atoms with Gasteiger partial charge in [0.05, 0.1) is 5.75 Å². The minimum absolute atomic E-state index is 0.0111. The number of anilines is 1. The Hall–Kier alpha value is -2.74. The molecule has 0 bridgehead atoms. The lowest BCUT2D eigenvalue weighted by atomic mass is 10.1. The Labute approximate surface area is 138 Å². The lowest BCUT2D eigenvalue weighted by molar-refractivity contribution is 0.600. The van der Waals surface area contributed by atoms with Crippen LogP contribution in [0.5, 0.6) is 0 Å². The normalized spacial score (nSPS) is 11.4. The zero-order valence-corrected chi connectivity index (χ0v) is 13.4. The number of benzene rings is 2. The van der Waals surface area contributed by atoms with Crippen LogP contribution in [0.3, 0.4) is 0 Å². The predicted molar refractivity (Wildman–Crippen MR) is 88.3 cm³/mol. The molecule has 0 radical (unpaired) electrons. The number of sulfonamides is 1. The van der Waals surface area contributed by atoms with E-state index in [2.05, 4.69) is 19.9 Å². The second kappa shape index (κ2) is 6.79. The monoisotopic (exact) mass is 346 g/mol. The molecule has 24 heavy (non-hydrogen) atoms. The van der Waals surface area contributed by atoms with Crippen LogP contribution in [0.15, 0.2) is 54.6 Å². The van der Waals surface area contributed by atoms with Crippen LogP contribution in [0.25, 0.3) is 0 Å². The van der Waals surface area contributed by atoms with E-state index < -0.39 is 10.0 Å². The molecule has 2 N–H and O–H groups in total. The van der Waals surface area contributed by atoms with Crippen LogP contribution in [0, 0.1) is 5.82 Å². The van der Waals surface area contributed by atoms with E-state index in [0.29, 0.717) is 17.8 Å². The fraction of sp³-hybridized carbons (Fsp3) is 0.125. The van der Waals surface area contributed by atoms with Crippen molar-refractivity contribution >= 4 is 16.0 Å². The third kappa shape index (κ3) is 4.39. The zero-order chi connectivity index (χ0) is 17.0. The van der Waals surface area contributed by atoms with Crippen LogP contribution in [0.1, 0.15) is 17.0 Å². The molecule has 0 fully saturated rings. The summed E-state index contributed by atoms with van der Waals surface area (Å²) in [5.74, 6) is 0.00288. The first-order valence-corrected chi connectivity index (χ1v) is 8.85. The number of halogens is 1. The van der Waals surface area contributed by atoms with Gasteiger partial charge in [-0.3, -0.25) is 5.10 Å². The van der Waals surface area contributed by atoms with Crippen LogP contribution in [0.4, 0.5) is 10.3 Å². The van der Waals surface area contributed by atoms with E-state index in [1.807, 2.05) is 6.07 Å². The lowest BCUT2D eigenvalue weighted by Gasteiger charge is -2.04. The molecule has 2 aromatic carbocycles.